The molecule has 2 fully saturated rings. The van der Waals surface area contributed by atoms with Gasteiger partial charge in [0.1, 0.15) is 0 Å². The summed E-state index contributed by atoms with van der Waals surface area (Å²) in [5.41, 5.74) is 1.90. The lowest BCUT2D eigenvalue weighted by Gasteiger charge is -2.29. The van der Waals surface area contributed by atoms with Crippen LogP contribution in [0.5, 0.6) is 0 Å². The summed E-state index contributed by atoms with van der Waals surface area (Å²) >= 11 is 1.31. The minimum absolute atomic E-state index is 0.0390. The van der Waals surface area contributed by atoms with Crippen molar-refractivity contribution in [3.8, 4) is 11.5 Å². The molecule has 2 N–H and O–H groups in total. The molecule has 3 aromatic rings. The van der Waals surface area contributed by atoms with Gasteiger partial charge in [0.05, 0.1) is 10.8 Å². The molecule has 0 radical (unpaired) electrons. The van der Waals surface area contributed by atoms with Gasteiger partial charge in [-0.2, -0.15) is 0 Å². The molecule has 5 atom stereocenters. The van der Waals surface area contributed by atoms with E-state index in [0.717, 1.165) is 28.3 Å². The Balaban J connectivity index is 1.22. The van der Waals surface area contributed by atoms with Gasteiger partial charge in [-0.05, 0) is 56.9 Å². The molecule has 1 aromatic carbocycles. The zero-order valence-electron chi connectivity index (χ0n) is 16.7. The molecular weight excluding hydrogens is 384 g/mol. The number of hydrogen-bond donors (Lipinski definition) is 2. The van der Waals surface area contributed by atoms with E-state index in [9.17, 15) is 4.79 Å². The standard InChI is InChI=1S/C22H26N4O2S/c1-12(17-10-14-7-8-15(17)9-14)24-20(27)13(2)29-22-26-25-21(28-22)18-11-23-19-6-4-3-5-16(18)19/h3-6,11-15,17,23H,7-10H2,1-2H3,(H,24,27)/t12-,13+,14-,15-,17+/m1/s1. The molecule has 0 unspecified atom stereocenters. The number of benzene rings is 1. The van der Waals surface area contributed by atoms with Crippen molar-refractivity contribution in [2.75, 3.05) is 0 Å². The van der Waals surface area contributed by atoms with Crippen molar-refractivity contribution < 1.29 is 9.21 Å². The highest BCUT2D eigenvalue weighted by Gasteiger charge is 2.42. The number of carbonyl (C=O) groups excluding carboxylic acids is 1. The molecule has 5 rings (SSSR count). The predicted molar refractivity (Wildman–Crippen MR) is 113 cm³/mol. The lowest BCUT2D eigenvalue weighted by atomic mass is 9.84. The second-order valence-electron chi connectivity index (χ2n) is 8.52. The third-order valence-electron chi connectivity index (χ3n) is 6.68. The maximum absolute atomic E-state index is 12.7. The average molecular weight is 411 g/mol. The van der Waals surface area contributed by atoms with E-state index in [4.69, 9.17) is 4.42 Å². The highest BCUT2D eigenvalue weighted by molar-refractivity contribution is 8.00. The molecule has 152 valence electrons. The lowest BCUT2D eigenvalue weighted by Crippen LogP contribution is -2.43. The van der Waals surface area contributed by atoms with Gasteiger partial charge < -0.3 is 14.7 Å². The van der Waals surface area contributed by atoms with Gasteiger partial charge in [-0.1, -0.05) is 36.4 Å². The molecule has 29 heavy (non-hydrogen) atoms. The molecule has 2 aliphatic rings. The van der Waals surface area contributed by atoms with Crippen LogP contribution in [0.4, 0.5) is 0 Å². The molecular formula is C22H26N4O2S. The first-order valence-electron chi connectivity index (χ1n) is 10.5. The van der Waals surface area contributed by atoms with Gasteiger partial charge in [-0.3, -0.25) is 4.79 Å². The fraction of sp³-hybridized carbons (Fsp3) is 0.500. The third-order valence-corrected chi connectivity index (χ3v) is 7.61. The highest BCUT2D eigenvalue weighted by atomic mass is 32.2. The number of carbonyl (C=O) groups is 1. The van der Waals surface area contributed by atoms with Crippen molar-refractivity contribution in [3.63, 3.8) is 0 Å². The maximum atomic E-state index is 12.7. The van der Waals surface area contributed by atoms with Crippen LogP contribution in [-0.2, 0) is 4.79 Å². The number of nitrogens with one attached hydrogen (secondary N) is 2. The predicted octanol–water partition coefficient (Wildman–Crippen LogP) is 4.64. The topological polar surface area (TPSA) is 83.8 Å². The van der Waals surface area contributed by atoms with Crippen LogP contribution in [0, 0.1) is 17.8 Å². The summed E-state index contributed by atoms with van der Waals surface area (Å²) in [5.74, 6) is 2.82. The Morgan fingerprint density at radius 2 is 2.10 bits per heavy atom. The molecule has 0 saturated heterocycles. The quantitative estimate of drug-likeness (QED) is 0.579. The number of nitrogens with zero attached hydrogens (tertiary/aromatic N) is 2. The Hall–Kier alpha value is -2.28. The molecule has 2 bridgehead atoms. The van der Waals surface area contributed by atoms with Gasteiger partial charge in [0.2, 0.25) is 5.91 Å². The van der Waals surface area contributed by atoms with Gasteiger partial charge in [0.15, 0.2) is 0 Å². The second-order valence-corrected chi connectivity index (χ2v) is 9.81. The molecule has 7 heteroatoms. The van der Waals surface area contributed by atoms with E-state index >= 15 is 0 Å². The van der Waals surface area contributed by atoms with Crippen molar-refractivity contribution in [2.24, 2.45) is 17.8 Å². The third kappa shape index (κ3) is 3.56. The summed E-state index contributed by atoms with van der Waals surface area (Å²) in [6.45, 7) is 4.05. The van der Waals surface area contributed by atoms with Crippen LogP contribution in [0.2, 0.25) is 0 Å². The Morgan fingerprint density at radius 1 is 1.24 bits per heavy atom. The fourth-order valence-corrected chi connectivity index (χ4v) is 5.87. The van der Waals surface area contributed by atoms with Crippen molar-refractivity contribution in [1.82, 2.24) is 20.5 Å². The maximum Gasteiger partial charge on any atom is 0.277 e. The van der Waals surface area contributed by atoms with Crippen LogP contribution in [0.15, 0.2) is 40.1 Å². The molecule has 6 nitrogen and oxygen atoms in total. The molecule has 2 heterocycles. The van der Waals surface area contributed by atoms with E-state index in [2.05, 4.69) is 27.4 Å². The number of rotatable bonds is 6. The van der Waals surface area contributed by atoms with Gasteiger partial charge in [0.25, 0.3) is 11.1 Å². The molecule has 2 aliphatic carbocycles. The smallest absolute Gasteiger partial charge is 0.277 e. The van der Waals surface area contributed by atoms with Crippen molar-refractivity contribution in [1.29, 1.82) is 0 Å². The van der Waals surface area contributed by atoms with Gasteiger partial charge in [0, 0.05) is 23.1 Å². The van der Waals surface area contributed by atoms with Crippen LogP contribution in [-0.4, -0.2) is 32.4 Å². The summed E-state index contributed by atoms with van der Waals surface area (Å²) in [6.07, 6.45) is 7.21. The van der Waals surface area contributed by atoms with Crippen LogP contribution in [0.3, 0.4) is 0 Å². The molecule has 2 saturated carbocycles. The first-order valence-corrected chi connectivity index (χ1v) is 11.3. The Bertz CT molecular complexity index is 1030. The van der Waals surface area contributed by atoms with E-state index in [1.807, 2.05) is 37.4 Å². The molecule has 0 spiro atoms. The van der Waals surface area contributed by atoms with Crippen LogP contribution < -0.4 is 5.32 Å². The Labute approximate surface area is 174 Å². The summed E-state index contributed by atoms with van der Waals surface area (Å²) in [7, 11) is 0. The van der Waals surface area contributed by atoms with Crippen LogP contribution in [0.25, 0.3) is 22.4 Å². The summed E-state index contributed by atoms with van der Waals surface area (Å²) in [6, 6.07) is 8.22. The zero-order chi connectivity index (χ0) is 20.0. The van der Waals surface area contributed by atoms with Gasteiger partial charge in [-0.25, -0.2) is 0 Å². The van der Waals surface area contributed by atoms with Crippen molar-refractivity contribution >= 4 is 28.6 Å². The number of hydrogen-bond acceptors (Lipinski definition) is 5. The largest absolute Gasteiger partial charge is 0.411 e. The number of H-pyrrole nitrogens is 1. The van der Waals surface area contributed by atoms with Gasteiger partial charge >= 0.3 is 0 Å². The number of aromatic nitrogens is 3. The fourth-order valence-electron chi connectivity index (χ4n) is 5.17. The molecule has 1 amide bonds. The van der Waals surface area contributed by atoms with Crippen LogP contribution >= 0.6 is 11.8 Å². The normalized spacial score (nSPS) is 25.4. The first-order chi connectivity index (χ1) is 14.1. The monoisotopic (exact) mass is 410 g/mol. The SMILES string of the molecule is C[C@H](Sc1nnc(-c2c[nH]c3ccccc23)o1)C(=O)N[C@H](C)[C@@H]1C[C@@H]2CC[C@@H]1C2. The first kappa shape index (κ1) is 18.7. The minimum atomic E-state index is -0.285. The van der Waals surface area contributed by atoms with Crippen LogP contribution in [0.1, 0.15) is 39.5 Å². The van der Waals surface area contributed by atoms with E-state index < -0.39 is 0 Å². The number of fused-ring (bicyclic) bond motifs is 3. The molecule has 0 aliphatic heterocycles. The summed E-state index contributed by atoms with van der Waals surface area (Å²) in [4.78, 5) is 15.9. The second kappa shape index (κ2) is 7.52. The Morgan fingerprint density at radius 3 is 2.90 bits per heavy atom. The zero-order valence-corrected chi connectivity index (χ0v) is 17.5. The van der Waals surface area contributed by atoms with E-state index in [1.165, 1.54) is 37.4 Å². The molecule has 2 aromatic heterocycles. The van der Waals surface area contributed by atoms with E-state index in [1.54, 1.807) is 0 Å². The summed E-state index contributed by atoms with van der Waals surface area (Å²) in [5, 5.41) is 12.7. The number of para-hydroxylation sites is 1. The highest BCUT2D eigenvalue weighted by Crippen LogP contribution is 2.49. The van der Waals surface area contributed by atoms with E-state index in [0.29, 0.717) is 17.0 Å². The van der Waals surface area contributed by atoms with Crippen molar-refractivity contribution in [2.45, 2.75) is 56.0 Å². The Kier molecular flexibility index (Phi) is 4.86. The number of amides is 1. The van der Waals surface area contributed by atoms with Gasteiger partial charge in [-0.15, -0.1) is 10.2 Å². The number of aromatic amines is 1. The lowest BCUT2D eigenvalue weighted by molar-refractivity contribution is -0.121. The van der Waals surface area contributed by atoms with Crippen molar-refractivity contribution in [3.05, 3.63) is 30.5 Å². The van der Waals surface area contributed by atoms with E-state index in [-0.39, 0.29) is 17.2 Å². The number of thioether (sulfide) groups is 1. The summed E-state index contributed by atoms with van der Waals surface area (Å²) < 4.78 is 5.84. The average Bonchev–Trinajstić information content (AvgIpc) is 3.50. The minimum Gasteiger partial charge on any atom is -0.411 e.